The summed E-state index contributed by atoms with van der Waals surface area (Å²) in [5.74, 6) is -1.53. The van der Waals surface area contributed by atoms with Crippen LogP contribution < -0.4 is 0 Å². The summed E-state index contributed by atoms with van der Waals surface area (Å²) in [5, 5.41) is 10.6. The van der Waals surface area contributed by atoms with Gasteiger partial charge in [0.2, 0.25) is 0 Å². The van der Waals surface area contributed by atoms with Crippen molar-refractivity contribution in [2.75, 3.05) is 0 Å². The minimum Gasteiger partial charge on any atom is -0.372 e. The van der Waals surface area contributed by atoms with Crippen LogP contribution in [0.5, 0.6) is 0 Å². The maximum Gasteiger partial charge on any atom is 0.277 e. The molecule has 2 heterocycles. The molecule has 0 aromatic heterocycles. The van der Waals surface area contributed by atoms with E-state index in [1.54, 1.807) is 12.1 Å². The van der Waals surface area contributed by atoms with Crippen molar-refractivity contribution in [2.24, 2.45) is 0 Å². The Morgan fingerprint density at radius 2 is 1.52 bits per heavy atom. The molecule has 0 saturated carbocycles. The molecule has 1 aromatic rings. The van der Waals surface area contributed by atoms with E-state index < -0.39 is 28.1 Å². The Kier molecular flexibility index (Phi) is 2.81. The lowest BCUT2D eigenvalue weighted by atomic mass is 10.1. The molecule has 2 amide bonds. The number of hydrogen-bond acceptors (Lipinski definition) is 5. The molecule has 2 aliphatic rings. The van der Waals surface area contributed by atoms with Gasteiger partial charge in [-0.25, -0.2) is 8.42 Å². The number of carbonyl (C=O) groups excluding carboxylic acids is 2. The number of fused-ring (bicyclic) bond motifs is 1. The van der Waals surface area contributed by atoms with E-state index in [0.29, 0.717) is 9.42 Å². The molecule has 21 heavy (non-hydrogen) atoms. The summed E-state index contributed by atoms with van der Waals surface area (Å²) in [4.78, 5) is 24.6. The Hall–Kier alpha value is -2.03. The number of imide groups is 1. The van der Waals surface area contributed by atoms with Crippen LogP contribution in [-0.4, -0.2) is 41.0 Å². The zero-order valence-electron chi connectivity index (χ0n) is 11.3. The molecular weight excluding hydrogens is 296 g/mol. The molecule has 0 radical (unpaired) electrons. The summed E-state index contributed by atoms with van der Waals surface area (Å²) in [6, 6.07) is 6.05. The van der Waals surface area contributed by atoms with Gasteiger partial charge in [0, 0.05) is 0 Å². The topological polar surface area (TPSA) is 95.0 Å². The van der Waals surface area contributed by atoms with E-state index in [1.165, 1.54) is 26.0 Å². The molecular formula is C13H12N2O5S. The molecule has 7 nitrogen and oxygen atoms in total. The van der Waals surface area contributed by atoms with E-state index in [2.05, 4.69) is 0 Å². The predicted octanol–water partition coefficient (Wildman–Crippen LogP) is 0.455. The number of allylic oxidation sites excluding steroid dienone is 1. The van der Waals surface area contributed by atoms with Crippen LogP contribution in [-0.2, 0) is 10.0 Å². The second-order valence-corrected chi connectivity index (χ2v) is 6.79. The molecule has 1 atom stereocenters. The molecule has 8 heteroatoms. The summed E-state index contributed by atoms with van der Waals surface area (Å²) in [6.45, 7) is 2.77. The van der Waals surface area contributed by atoms with Crippen molar-refractivity contribution in [1.29, 1.82) is 0 Å². The Morgan fingerprint density at radius 1 is 1.05 bits per heavy atom. The normalized spacial score (nSPS) is 24.9. The van der Waals surface area contributed by atoms with Gasteiger partial charge in [0.15, 0.2) is 6.23 Å². The van der Waals surface area contributed by atoms with Gasteiger partial charge in [-0.1, -0.05) is 16.5 Å². The Morgan fingerprint density at radius 3 is 1.90 bits per heavy atom. The molecule has 3 rings (SSSR count). The first-order valence-electron chi connectivity index (χ1n) is 6.16. The van der Waals surface area contributed by atoms with Crippen LogP contribution in [0.4, 0.5) is 0 Å². The van der Waals surface area contributed by atoms with Crippen molar-refractivity contribution in [2.45, 2.75) is 20.1 Å². The molecule has 0 saturated heterocycles. The molecule has 0 aliphatic carbocycles. The SMILES string of the molecule is CC1=C(C)S(=O)(=O)N(N2C(=O)c3ccccc3C2=O)C1O. The van der Waals surface area contributed by atoms with E-state index in [0.717, 1.165) is 0 Å². The highest BCUT2D eigenvalue weighted by Crippen LogP contribution is 2.35. The number of benzene rings is 1. The number of carbonyl (C=O) groups is 2. The van der Waals surface area contributed by atoms with Crippen LogP contribution in [0.15, 0.2) is 34.7 Å². The summed E-state index contributed by atoms with van der Waals surface area (Å²) < 4.78 is 25.1. The minimum absolute atomic E-state index is 0.0634. The number of nitrogens with zero attached hydrogens (tertiary/aromatic N) is 2. The Bertz CT molecular complexity index is 777. The number of sulfonamides is 1. The highest BCUT2D eigenvalue weighted by atomic mass is 32.2. The van der Waals surface area contributed by atoms with Gasteiger partial charge >= 0.3 is 0 Å². The fourth-order valence-electron chi connectivity index (χ4n) is 2.40. The lowest BCUT2D eigenvalue weighted by Crippen LogP contribution is -2.51. The maximum atomic E-state index is 12.3. The monoisotopic (exact) mass is 308 g/mol. The average molecular weight is 308 g/mol. The maximum absolute atomic E-state index is 12.3. The third-order valence-electron chi connectivity index (χ3n) is 3.75. The smallest absolute Gasteiger partial charge is 0.277 e. The van der Waals surface area contributed by atoms with Crippen molar-refractivity contribution < 1.29 is 23.1 Å². The molecule has 2 aliphatic heterocycles. The second-order valence-electron chi connectivity index (χ2n) is 4.86. The van der Waals surface area contributed by atoms with Crippen LogP contribution in [0.25, 0.3) is 0 Å². The van der Waals surface area contributed by atoms with E-state index in [9.17, 15) is 23.1 Å². The van der Waals surface area contributed by atoms with Gasteiger partial charge in [-0.3, -0.25) is 9.59 Å². The number of hydrazine groups is 1. The third kappa shape index (κ3) is 1.63. The fraction of sp³-hybridized carbons (Fsp3) is 0.231. The largest absolute Gasteiger partial charge is 0.372 e. The van der Waals surface area contributed by atoms with Gasteiger partial charge in [-0.15, -0.1) is 0 Å². The first kappa shape index (κ1) is 13.9. The van der Waals surface area contributed by atoms with Gasteiger partial charge in [-0.05, 0) is 31.6 Å². The van der Waals surface area contributed by atoms with E-state index in [-0.39, 0.29) is 21.6 Å². The Labute approximate surface area is 121 Å². The molecule has 0 spiro atoms. The zero-order valence-corrected chi connectivity index (χ0v) is 12.1. The van der Waals surface area contributed by atoms with Crippen molar-refractivity contribution in [3.05, 3.63) is 45.9 Å². The fourth-order valence-corrected chi connectivity index (χ4v) is 3.97. The van der Waals surface area contributed by atoms with Crippen LogP contribution in [0.3, 0.4) is 0 Å². The molecule has 110 valence electrons. The van der Waals surface area contributed by atoms with Crippen molar-refractivity contribution in [3.8, 4) is 0 Å². The number of aliphatic hydroxyl groups excluding tert-OH is 1. The van der Waals surface area contributed by atoms with E-state index in [1.807, 2.05) is 0 Å². The Balaban J connectivity index is 2.13. The lowest BCUT2D eigenvalue weighted by molar-refractivity contribution is -0.0189. The summed E-state index contributed by atoms with van der Waals surface area (Å²) >= 11 is 0. The second kappa shape index (κ2) is 4.23. The molecule has 0 bridgehead atoms. The predicted molar refractivity (Wildman–Crippen MR) is 72.1 cm³/mol. The summed E-state index contributed by atoms with van der Waals surface area (Å²) in [5.41, 5.74) is 0.422. The lowest BCUT2D eigenvalue weighted by Gasteiger charge is -2.27. The summed E-state index contributed by atoms with van der Waals surface area (Å²) in [6.07, 6.45) is -1.56. The van der Waals surface area contributed by atoms with Crippen molar-refractivity contribution in [3.63, 3.8) is 0 Å². The number of aliphatic hydroxyl groups is 1. The van der Waals surface area contributed by atoms with Gasteiger partial charge < -0.3 is 5.11 Å². The van der Waals surface area contributed by atoms with Gasteiger partial charge in [0.1, 0.15) is 0 Å². The number of amides is 2. The molecule has 1 N–H and O–H groups in total. The molecule has 1 aromatic carbocycles. The highest BCUT2D eigenvalue weighted by Gasteiger charge is 2.51. The van der Waals surface area contributed by atoms with Gasteiger partial charge in [0.05, 0.1) is 16.0 Å². The standard InChI is InChI=1S/C13H12N2O5S/c1-7-8(2)21(19,20)15(11(7)16)14-12(17)9-5-3-4-6-10(9)13(14)18/h3-6,11,16H,1-2H3. The van der Waals surface area contributed by atoms with Crippen molar-refractivity contribution >= 4 is 21.8 Å². The van der Waals surface area contributed by atoms with Crippen molar-refractivity contribution in [1.82, 2.24) is 9.42 Å². The van der Waals surface area contributed by atoms with E-state index >= 15 is 0 Å². The number of rotatable bonds is 1. The third-order valence-corrected chi connectivity index (χ3v) is 5.71. The first-order valence-corrected chi connectivity index (χ1v) is 7.60. The van der Waals surface area contributed by atoms with Gasteiger partial charge in [0.25, 0.3) is 21.8 Å². The highest BCUT2D eigenvalue weighted by molar-refractivity contribution is 7.93. The minimum atomic E-state index is -4.08. The number of hydrogen-bond donors (Lipinski definition) is 1. The quantitative estimate of drug-likeness (QED) is 0.760. The summed E-state index contributed by atoms with van der Waals surface area (Å²) in [7, 11) is -4.08. The van der Waals surface area contributed by atoms with Crippen LogP contribution in [0.1, 0.15) is 34.6 Å². The van der Waals surface area contributed by atoms with Crippen LogP contribution in [0, 0.1) is 0 Å². The first-order chi connectivity index (χ1) is 9.78. The molecule has 1 unspecified atom stereocenters. The zero-order chi connectivity index (χ0) is 15.5. The molecule has 0 fully saturated rings. The average Bonchev–Trinajstić information content (AvgIpc) is 2.78. The van der Waals surface area contributed by atoms with E-state index in [4.69, 9.17) is 0 Å². The van der Waals surface area contributed by atoms with Crippen LogP contribution >= 0.6 is 0 Å². The van der Waals surface area contributed by atoms with Gasteiger partial charge in [-0.2, -0.15) is 5.01 Å². The van der Waals surface area contributed by atoms with Crippen LogP contribution in [0.2, 0.25) is 0 Å².